The molecule has 0 radical (unpaired) electrons. The van der Waals surface area contributed by atoms with Gasteiger partial charge < -0.3 is 10.1 Å². The first-order chi connectivity index (χ1) is 11.7. The molecule has 4 nitrogen and oxygen atoms in total. The molecule has 24 heavy (non-hydrogen) atoms. The molecule has 4 aromatic rings. The molecular formula is C20H13NO3. The first-order valence-corrected chi connectivity index (χ1v) is 7.51. The molecule has 0 saturated heterocycles. The Morgan fingerprint density at radius 3 is 2.58 bits per heavy atom. The van der Waals surface area contributed by atoms with E-state index in [-0.39, 0.29) is 5.56 Å². The molecule has 0 atom stereocenters. The van der Waals surface area contributed by atoms with Crippen molar-refractivity contribution in [3.05, 3.63) is 71.9 Å². The molecule has 116 valence electrons. The second kappa shape index (κ2) is 5.35. The van der Waals surface area contributed by atoms with Crippen LogP contribution in [0, 0.1) is 0 Å². The van der Waals surface area contributed by atoms with Crippen molar-refractivity contribution in [2.75, 3.05) is 0 Å². The van der Waals surface area contributed by atoms with E-state index in [4.69, 9.17) is 0 Å². The molecule has 0 bridgehead atoms. The summed E-state index contributed by atoms with van der Waals surface area (Å²) in [5, 5.41) is 12.0. The summed E-state index contributed by atoms with van der Waals surface area (Å²) in [7, 11) is 0. The summed E-state index contributed by atoms with van der Waals surface area (Å²) in [4.78, 5) is 25.9. The minimum absolute atomic E-state index is 0.232. The van der Waals surface area contributed by atoms with Gasteiger partial charge in [-0.2, -0.15) is 0 Å². The summed E-state index contributed by atoms with van der Waals surface area (Å²) in [6.45, 7) is 0. The van der Waals surface area contributed by atoms with Crippen molar-refractivity contribution in [3.63, 3.8) is 0 Å². The number of H-pyrrole nitrogens is 1. The molecule has 2 N–H and O–H groups in total. The Hall–Kier alpha value is -3.40. The summed E-state index contributed by atoms with van der Waals surface area (Å²) in [6.07, 6.45) is 2.64. The van der Waals surface area contributed by atoms with Gasteiger partial charge in [-0.05, 0) is 34.5 Å². The Bertz CT molecular complexity index is 1110. The van der Waals surface area contributed by atoms with E-state index in [2.05, 4.69) is 4.98 Å². The average Bonchev–Trinajstić information content (AvgIpc) is 3.04. The van der Waals surface area contributed by atoms with Crippen LogP contribution in [0.3, 0.4) is 0 Å². The van der Waals surface area contributed by atoms with Gasteiger partial charge in [-0.25, -0.2) is 4.79 Å². The number of carbonyl (C=O) groups is 2. The highest BCUT2D eigenvalue weighted by atomic mass is 16.4. The Labute approximate surface area is 137 Å². The van der Waals surface area contributed by atoms with Crippen molar-refractivity contribution in [3.8, 4) is 11.1 Å². The van der Waals surface area contributed by atoms with Gasteiger partial charge in [0.25, 0.3) is 0 Å². The second-order valence-corrected chi connectivity index (χ2v) is 5.64. The molecule has 1 aromatic heterocycles. The maximum atomic E-state index is 11.5. The largest absolute Gasteiger partial charge is 0.478 e. The molecule has 0 aliphatic carbocycles. The van der Waals surface area contributed by atoms with E-state index in [1.54, 1.807) is 18.3 Å². The molecule has 4 rings (SSSR count). The Morgan fingerprint density at radius 1 is 1.00 bits per heavy atom. The number of fused-ring (bicyclic) bond motifs is 2. The van der Waals surface area contributed by atoms with Crippen molar-refractivity contribution >= 4 is 33.9 Å². The maximum absolute atomic E-state index is 11.5. The number of aldehydes is 1. The van der Waals surface area contributed by atoms with E-state index in [0.29, 0.717) is 11.1 Å². The zero-order valence-corrected chi connectivity index (χ0v) is 12.6. The smallest absolute Gasteiger partial charge is 0.337 e. The van der Waals surface area contributed by atoms with Crippen LogP contribution in [-0.2, 0) is 0 Å². The monoisotopic (exact) mass is 315 g/mol. The van der Waals surface area contributed by atoms with Crippen LogP contribution in [0.25, 0.3) is 32.8 Å². The van der Waals surface area contributed by atoms with Crippen molar-refractivity contribution < 1.29 is 14.7 Å². The number of hydrogen-bond donors (Lipinski definition) is 2. The summed E-state index contributed by atoms with van der Waals surface area (Å²) in [6, 6.07) is 16.7. The second-order valence-electron chi connectivity index (χ2n) is 5.64. The van der Waals surface area contributed by atoms with Crippen molar-refractivity contribution in [2.24, 2.45) is 0 Å². The van der Waals surface area contributed by atoms with Gasteiger partial charge in [-0.1, -0.05) is 36.4 Å². The topological polar surface area (TPSA) is 70.2 Å². The van der Waals surface area contributed by atoms with Gasteiger partial charge >= 0.3 is 5.97 Å². The van der Waals surface area contributed by atoms with E-state index in [1.165, 1.54) is 0 Å². The number of carboxylic acids is 1. The highest BCUT2D eigenvalue weighted by molar-refractivity contribution is 6.08. The van der Waals surface area contributed by atoms with Crippen LogP contribution in [0.15, 0.2) is 60.8 Å². The lowest BCUT2D eigenvalue weighted by molar-refractivity contribution is 0.0698. The number of aromatic carboxylic acids is 1. The van der Waals surface area contributed by atoms with Gasteiger partial charge in [0, 0.05) is 22.7 Å². The average molecular weight is 315 g/mol. The zero-order chi connectivity index (χ0) is 16.7. The summed E-state index contributed by atoms with van der Waals surface area (Å²) in [5.41, 5.74) is 3.19. The van der Waals surface area contributed by atoms with Crippen LogP contribution >= 0.6 is 0 Å². The normalized spacial score (nSPS) is 11.0. The SMILES string of the molecule is O=Cc1cc(-c2c[nH]c3c(C(=O)O)cccc23)cc2ccccc12. The van der Waals surface area contributed by atoms with Gasteiger partial charge in [0.2, 0.25) is 0 Å². The van der Waals surface area contributed by atoms with E-state index in [0.717, 1.165) is 33.6 Å². The van der Waals surface area contributed by atoms with E-state index in [1.807, 2.05) is 42.5 Å². The maximum Gasteiger partial charge on any atom is 0.337 e. The number of benzene rings is 3. The predicted octanol–water partition coefficient (Wildman–Crippen LogP) is 4.50. The minimum atomic E-state index is -0.971. The third-order valence-electron chi connectivity index (χ3n) is 4.28. The summed E-state index contributed by atoms with van der Waals surface area (Å²) in [5.74, 6) is -0.971. The van der Waals surface area contributed by atoms with Crippen LogP contribution < -0.4 is 0 Å². The lowest BCUT2D eigenvalue weighted by atomic mass is 9.96. The van der Waals surface area contributed by atoms with Crippen molar-refractivity contribution in [1.29, 1.82) is 0 Å². The fraction of sp³-hybridized carbons (Fsp3) is 0. The zero-order valence-electron chi connectivity index (χ0n) is 12.6. The molecule has 3 aromatic carbocycles. The van der Waals surface area contributed by atoms with E-state index < -0.39 is 5.97 Å². The molecule has 0 saturated carbocycles. The summed E-state index contributed by atoms with van der Waals surface area (Å²) < 4.78 is 0. The molecule has 0 aliphatic heterocycles. The van der Waals surface area contributed by atoms with Gasteiger partial charge in [-0.3, -0.25) is 4.79 Å². The number of hydrogen-bond acceptors (Lipinski definition) is 2. The van der Waals surface area contributed by atoms with Crippen LogP contribution in [0.2, 0.25) is 0 Å². The molecule has 0 fully saturated rings. The Kier molecular flexibility index (Phi) is 3.17. The molecule has 4 heteroatoms. The quantitative estimate of drug-likeness (QED) is 0.547. The summed E-state index contributed by atoms with van der Waals surface area (Å²) >= 11 is 0. The molecule has 0 spiro atoms. The number of carbonyl (C=O) groups excluding carboxylic acids is 1. The van der Waals surface area contributed by atoms with Gasteiger partial charge in [0.15, 0.2) is 6.29 Å². The Balaban J connectivity index is 2.01. The fourth-order valence-electron chi connectivity index (χ4n) is 3.16. The number of para-hydroxylation sites is 1. The van der Waals surface area contributed by atoms with Crippen LogP contribution in [-0.4, -0.2) is 22.3 Å². The van der Waals surface area contributed by atoms with E-state index >= 15 is 0 Å². The third-order valence-corrected chi connectivity index (χ3v) is 4.28. The highest BCUT2D eigenvalue weighted by Crippen LogP contribution is 2.33. The lowest BCUT2D eigenvalue weighted by Gasteiger charge is -2.06. The Morgan fingerprint density at radius 2 is 1.79 bits per heavy atom. The molecule has 0 aliphatic rings. The van der Waals surface area contributed by atoms with Crippen molar-refractivity contribution in [1.82, 2.24) is 4.98 Å². The highest BCUT2D eigenvalue weighted by Gasteiger charge is 2.14. The number of aromatic amines is 1. The molecule has 0 amide bonds. The van der Waals surface area contributed by atoms with E-state index in [9.17, 15) is 14.7 Å². The van der Waals surface area contributed by atoms with Gasteiger partial charge in [0.05, 0.1) is 11.1 Å². The number of aromatic nitrogens is 1. The van der Waals surface area contributed by atoms with Gasteiger partial charge in [0.1, 0.15) is 0 Å². The number of carboxylic acid groups (broad SMARTS) is 1. The molecule has 1 heterocycles. The fourth-order valence-corrected chi connectivity index (χ4v) is 3.16. The van der Waals surface area contributed by atoms with Gasteiger partial charge in [-0.15, -0.1) is 0 Å². The third kappa shape index (κ3) is 2.08. The number of nitrogens with one attached hydrogen (secondary N) is 1. The van der Waals surface area contributed by atoms with Crippen LogP contribution in [0.4, 0.5) is 0 Å². The minimum Gasteiger partial charge on any atom is -0.478 e. The standard InChI is InChI=1S/C20H13NO3/c22-11-14-9-13(8-12-4-1-2-5-15(12)14)18-10-21-19-16(18)6-3-7-17(19)20(23)24/h1-11,21H,(H,23,24). The first-order valence-electron chi connectivity index (χ1n) is 7.51. The number of rotatable bonds is 3. The molecular weight excluding hydrogens is 302 g/mol. The lowest BCUT2D eigenvalue weighted by Crippen LogP contribution is -1.96. The predicted molar refractivity (Wildman–Crippen MR) is 93.6 cm³/mol. The van der Waals surface area contributed by atoms with Crippen LogP contribution in [0.5, 0.6) is 0 Å². The first kappa shape index (κ1) is 14.2. The van der Waals surface area contributed by atoms with Crippen LogP contribution in [0.1, 0.15) is 20.7 Å². The van der Waals surface area contributed by atoms with Crippen molar-refractivity contribution in [2.45, 2.75) is 0 Å². The molecule has 0 unspecified atom stereocenters.